The molecule has 2 aromatic heterocycles. The molecule has 86 valence electrons. The van der Waals surface area contributed by atoms with Crippen LogP contribution >= 0.6 is 0 Å². The standard InChI is InChI=1S/C14H15N3/c1-9-12(15)6-7-13(17-9)11-5-4-10-3-2-8-16-14(10)11/h2-3,6-8,11H,4-5,15H2,1H3. The van der Waals surface area contributed by atoms with E-state index in [-0.39, 0.29) is 0 Å². The molecule has 17 heavy (non-hydrogen) atoms. The minimum atomic E-state index is 0.338. The fraction of sp³-hybridized carbons (Fsp3) is 0.286. The van der Waals surface area contributed by atoms with Crippen LogP contribution in [0.2, 0.25) is 0 Å². The number of pyridine rings is 2. The maximum Gasteiger partial charge on any atom is 0.0605 e. The number of aromatic nitrogens is 2. The second-order valence-electron chi connectivity index (χ2n) is 4.55. The molecule has 3 rings (SSSR count). The zero-order valence-corrected chi connectivity index (χ0v) is 9.85. The van der Waals surface area contributed by atoms with Crippen molar-refractivity contribution in [1.29, 1.82) is 0 Å². The highest BCUT2D eigenvalue weighted by Crippen LogP contribution is 2.35. The number of aryl methyl sites for hydroxylation is 2. The summed E-state index contributed by atoms with van der Waals surface area (Å²) < 4.78 is 0. The van der Waals surface area contributed by atoms with E-state index in [2.05, 4.69) is 16.0 Å². The monoisotopic (exact) mass is 225 g/mol. The molecule has 0 spiro atoms. The molecule has 0 amide bonds. The molecule has 0 saturated heterocycles. The predicted molar refractivity (Wildman–Crippen MR) is 67.8 cm³/mol. The number of nitrogens with two attached hydrogens (primary N) is 1. The SMILES string of the molecule is Cc1nc(C2CCc3cccnc32)ccc1N. The number of hydrogen-bond acceptors (Lipinski definition) is 3. The van der Waals surface area contributed by atoms with Gasteiger partial charge >= 0.3 is 0 Å². The summed E-state index contributed by atoms with van der Waals surface area (Å²) in [5.41, 5.74) is 11.1. The van der Waals surface area contributed by atoms with Gasteiger partial charge in [0.25, 0.3) is 0 Å². The summed E-state index contributed by atoms with van der Waals surface area (Å²) in [6.07, 6.45) is 4.06. The van der Waals surface area contributed by atoms with Crippen molar-refractivity contribution >= 4 is 5.69 Å². The third-order valence-electron chi connectivity index (χ3n) is 3.46. The van der Waals surface area contributed by atoms with Crippen molar-refractivity contribution < 1.29 is 0 Å². The van der Waals surface area contributed by atoms with Gasteiger partial charge in [0.2, 0.25) is 0 Å². The van der Waals surface area contributed by atoms with Crippen LogP contribution in [0.5, 0.6) is 0 Å². The van der Waals surface area contributed by atoms with Gasteiger partial charge in [0, 0.05) is 17.8 Å². The highest BCUT2D eigenvalue weighted by molar-refractivity contribution is 5.44. The number of nitrogen functional groups attached to an aromatic ring is 1. The number of fused-ring (bicyclic) bond motifs is 1. The van der Waals surface area contributed by atoms with Crippen LogP contribution in [-0.2, 0) is 6.42 Å². The second kappa shape index (κ2) is 3.84. The molecule has 2 N–H and O–H groups in total. The molecule has 2 aromatic rings. The first kappa shape index (κ1) is 10.3. The van der Waals surface area contributed by atoms with Crippen molar-refractivity contribution in [2.75, 3.05) is 5.73 Å². The molecule has 0 aromatic carbocycles. The molecule has 1 aliphatic rings. The van der Waals surface area contributed by atoms with Gasteiger partial charge in [0.15, 0.2) is 0 Å². The van der Waals surface area contributed by atoms with E-state index in [1.54, 1.807) is 0 Å². The normalized spacial score (nSPS) is 18.1. The van der Waals surface area contributed by atoms with Crippen molar-refractivity contribution in [3.05, 3.63) is 53.1 Å². The Bertz CT molecular complexity index is 563. The third kappa shape index (κ3) is 1.68. The molecular weight excluding hydrogens is 210 g/mol. The van der Waals surface area contributed by atoms with Crippen LogP contribution in [0.4, 0.5) is 5.69 Å². The second-order valence-corrected chi connectivity index (χ2v) is 4.55. The summed E-state index contributed by atoms with van der Waals surface area (Å²) in [5.74, 6) is 0.338. The fourth-order valence-corrected chi connectivity index (χ4v) is 2.49. The quantitative estimate of drug-likeness (QED) is 0.811. The number of nitrogens with zero attached hydrogens (tertiary/aromatic N) is 2. The van der Waals surface area contributed by atoms with Gasteiger partial charge in [-0.05, 0) is 43.5 Å². The predicted octanol–water partition coefficient (Wildman–Crippen LogP) is 2.45. The largest absolute Gasteiger partial charge is 0.397 e. The molecule has 1 atom stereocenters. The molecule has 0 bridgehead atoms. The summed E-state index contributed by atoms with van der Waals surface area (Å²) in [5, 5.41) is 0. The van der Waals surface area contributed by atoms with Crippen LogP contribution in [0, 0.1) is 6.92 Å². The van der Waals surface area contributed by atoms with Gasteiger partial charge in [-0.15, -0.1) is 0 Å². The summed E-state index contributed by atoms with van der Waals surface area (Å²) in [4.78, 5) is 9.09. The molecule has 0 fully saturated rings. The Labute approximate surface area is 101 Å². The van der Waals surface area contributed by atoms with Gasteiger partial charge in [-0.1, -0.05) is 6.07 Å². The van der Waals surface area contributed by atoms with E-state index < -0.39 is 0 Å². The maximum absolute atomic E-state index is 5.80. The molecule has 1 aliphatic carbocycles. The molecule has 3 nitrogen and oxygen atoms in total. The van der Waals surface area contributed by atoms with Gasteiger partial charge in [0.1, 0.15) is 0 Å². The van der Waals surface area contributed by atoms with E-state index in [9.17, 15) is 0 Å². The molecule has 2 heterocycles. The van der Waals surface area contributed by atoms with Gasteiger partial charge < -0.3 is 5.73 Å². The Morgan fingerprint density at radius 2 is 2.18 bits per heavy atom. The van der Waals surface area contributed by atoms with Crippen LogP contribution in [0.1, 0.15) is 35.0 Å². The zero-order valence-electron chi connectivity index (χ0n) is 9.85. The van der Waals surface area contributed by atoms with E-state index in [1.165, 1.54) is 11.3 Å². The first-order chi connectivity index (χ1) is 8.25. The topological polar surface area (TPSA) is 51.8 Å². The Balaban J connectivity index is 2.04. The van der Waals surface area contributed by atoms with Gasteiger partial charge in [-0.3, -0.25) is 9.97 Å². The molecule has 0 saturated carbocycles. The Hall–Kier alpha value is -1.90. The van der Waals surface area contributed by atoms with Gasteiger partial charge in [-0.25, -0.2) is 0 Å². The van der Waals surface area contributed by atoms with Crippen molar-refractivity contribution in [2.24, 2.45) is 0 Å². The van der Waals surface area contributed by atoms with Crippen LogP contribution in [0.25, 0.3) is 0 Å². The van der Waals surface area contributed by atoms with E-state index >= 15 is 0 Å². The minimum absolute atomic E-state index is 0.338. The molecule has 0 radical (unpaired) electrons. The van der Waals surface area contributed by atoms with Crippen molar-refractivity contribution in [2.45, 2.75) is 25.7 Å². The van der Waals surface area contributed by atoms with Crippen molar-refractivity contribution in [3.8, 4) is 0 Å². The fourth-order valence-electron chi connectivity index (χ4n) is 2.49. The van der Waals surface area contributed by atoms with E-state index in [1.807, 2.05) is 31.3 Å². The Morgan fingerprint density at radius 1 is 1.29 bits per heavy atom. The number of anilines is 1. The van der Waals surface area contributed by atoms with Crippen LogP contribution < -0.4 is 5.73 Å². The zero-order chi connectivity index (χ0) is 11.8. The lowest BCUT2D eigenvalue weighted by atomic mass is 10.0. The smallest absolute Gasteiger partial charge is 0.0605 e. The third-order valence-corrected chi connectivity index (χ3v) is 3.46. The van der Waals surface area contributed by atoms with Crippen molar-refractivity contribution in [1.82, 2.24) is 9.97 Å². The van der Waals surface area contributed by atoms with E-state index in [0.717, 1.165) is 29.9 Å². The maximum atomic E-state index is 5.80. The van der Waals surface area contributed by atoms with Crippen LogP contribution in [-0.4, -0.2) is 9.97 Å². The lowest BCUT2D eigenvalue weighted by Gasteiger charge is -2.11. The van der Waals surface area contributed by atoms with Crippen LogP contribution in [0.15, 0.2) is 30.5 Å². The number of rotatable bonds is 1. The Morgan fingerprint density at radius 3 is 3.00 bits per heavy atom. The Kier molecular flexibility index (Phi) is 2.32. The average molecular weight is 225 g/mol. The lowest BCUT2D eigenvalue weighted by molar-refractivity contribution is 0.743. The van der Waals surface area contributed by atoms with E-state index in [4.69, 9.17) is 5.73 Å². The minimum Gasteiger partial charge on any atom is -0.397 e. The van der Waals surface area contributed by atoms with Crippen LogP contribution in [0.3, 0.4) is 0 Å². The summed E-state index contributed by atoms with van der Waals surface area (Å²) in [7, 11) is 0. The summed E-state index contributed by atoms with van der Waals surface area (Å²) in [6.45, 7) is 1.95. The highest BCUT2D eigenvalue weighted by atomic mass is 14.8. The first-order valence-corrected chi connectivity index (χ1v) is 5.92. The van der Waals surface area contributed by atoms with Gasteiger partial charge in [-0.2, -0.15) is 0 Å². The highest BCUT2D eigenvalue weighted by Gasteiger charge is 2.26. The molecule has 1 unspecified atom stereocenters. The molecular formula is C14H15N3. The number of hydrogen-bond donors (Lipinski definition) is 1. The van der Waals surface area contributed by atoms with E-state index in [0.29, 0.717) is 5.92 Å². The molecule has 0 aliphatic heterocycles. The summed E-state index contributed by atoms with van der Waals surface area (Å²) >= 11 is 0. The average Bonchev–Trinajstić information content (AvgIpc) is 2.76. The summed E-state index contributed by atoms with van der Waals surface area (Å²) in [6, 6.07) is 8.13. The lowest BCUT2D eigenvalue weighted by Crippen LogP contribution is -2.04. The molecule has 3 heteroatoms. The first-order valence-electron chi connectivity index (χ1n) is 5.92. The van der Waals surface area contributed by atoms with Gasteiger partial charge in [0.05, 0.1) is 17.1 Å². The van der Waals surface area contributed by atoms with Crippen molar-refractivity contribution in [3.63, 3.8) is 0 Å².